The number of urea groups is 1. The molecule has 0 saturated heterocycles. The van der Waals surface area contributed by atoms with Crippen LogP contribution in [-0.4, -0.2) is 39.1 Å². The van der Waals surface area contributed by atoms with E-state index in [1.807, 2.05) is 31.7 Å². The highest BCUT2D eigenvalue weighted by Gasteiger charge is 2.19. The first-order valence-corrected chi connectivity index (χ1v) is 8.67. The Bertz CT molecular complexity index is 644. The van der Waals surface area contributed by atoms with E-state index in [2.05, 4.69) is 29.1 Å². The molecule has 126 valence electrons. The maximum Gasteiger partial charge on any atom is 0.317 e. The Hall–Kier alpha value is -1.89. The van der Waals surface area contributed by atoms with Crippen LogP contribution in [0, 0.1) is 20.8 Å². The number of nitrogens with one attached hydrogen (secondary N) is 1. The van der Waals surface area contributed by atoms with Gasteiger partial charge in [0.25, 0.3) is 0 Å². The van der Waals surface area contributed by atoms with Gasteiger partial charge in [0.15, 0.2) is 0 Å². The van der Waals surface area contributed by atoms with E-state index >= 15 is 0 Å². The van der Waals surface area contributed by atoms with E-state index in [9.17, 15) is 4.79 Å². The minimum absolute atomic E-state index is 0.0302. The largest absolute Gasteiger partial charge is 0.333 e. The average Bonchev–Trinajstić information content (AvgIpc) is 3.08. The molecule has 2 rings (SSSR count). The van der Waals surface area contributed by atoms with Crippen LogP contribution in [0.15, 0.2) is 12.4 Å². The number of aromatic nitrogens is 3. The lowest BCUT2D eigenvalue weighted by Gasteiger charge is -2.22. The van der Waals surface area contributed by atoms with E-state index in [1.54, 1.807) is 22.4 Å². The quantitative estimate of drug-likeness (QED) is 0.882. The van der Waals surface area contributed by atoms with Crippen molar-refractivity contribution in [2.75, 3.05) is 13.6 Å². The van der Waals surface area contributed by atoms with Gasteiger partial charge in [-0.1, -0.05) is 6.92 Å². The van der Waals surface area contributed by atoms with Gasteiger partial charge >= 0.3 is 6.03 Å². The average molecular weight is 335 g/mol. The Kier molecular flexibility index (Phi) is 5.76. The van der Waals surface area contributed by atoms with Crippen molar-refractivity contribution in [3.05, 3.63) is 33.8 Å². The molecule has 23 heavy (non-hydrogen) atoms. The third kappa shape index (κ3) is 4.31. The first kappa shape index (κ1) is 17.5. The number of aryl methyl sites for hydroxylation is 3. The van der Waals surface area contributed by atoms with Gasteiger partial charge in [0.2, 0.25) is 0 Å². The predicted octanol–water partition coefficient (Wildman–Crippen LogP) is 3.06. The highest BCUT2D eigenvalue weighted by molar-refractivity contribution is 7.11. The van der Waals surface area contributed by atoms with Gasteiger partial charge in [0.1, 0.15) is 10.8 Å². The van der Waals surface area contributed by atoms with Crippen molar-refractivity contribution in [1.82, 2.24) is 24.8 Å². The second kappa shape index (κ2) is 7.59. The summed E-state index contributed by atoms with van der Waals surface area (Å²) in [5.74, 6) is 0.957. The molecule has 0 aliphatic carbocycles. The Labute approximate surface area is 141 Å². The molecular weight excluding hydrogens is 310 g/mol. The maximum atomic E-state index is 12.4. The third-order valence-corrected chi connectivity index (χ3v) is 5.18. The molecule has 0 saturated carbocycles. The van der Waals surface area contributed by atoms with Crippen LogP contribution in [0.25, 0.3) is 0 Å². The van der Waals surface area contributed by atoms with E-state index in [0.717, 1.165) is 29.5 Å². The van der Waals surface area contributed by atoms with Gasteiger partial charge in [-0.25, -0.2) is 14.8 Å². The summed E-state index contributed by atoms with van der Waals surface area (Å²) in [4.78, 5) is 24.1. The minimum Gasteiger partial charge on any atom is -0.333 e. The lowest BCUT2D eigenvalue weighted by Crippen LogP contribution is -2.40. The standard InChI is InChI=1S/C16H25N5OS/c1-6-14(15-18-11(2)12(3)23-15)19-16(22)20(5)9-10-21-8-7-17-13(21)4/h7-8,14H,6,9-10H2,1-5H3,(H,19,22)/t14-/m0/s1. The monoisotopic (exact) mass is 335 g/mol. The number of nitrogens with zero attached hydrogens (tertiary/aromatic N) is 4. The molecule has 0 aliphatic heterocycles. The summed E-state index contributed by atoms with van der Waals surface area (Å²) in [7, 11) is 1.81. The summed E-state index contributed by atoms with van der Waals surface area (Å²) in [6.07, 6.45) is 4.53. The molecular formula is C16H25N5OS. The van der Waals surface area contributed by atoms with Gasteiger partial charge in [-0.15, -0.1) is 11.3 Å². The fourth-order valence-corrected chi connectivity index (χ4v) is 3.30. The molecule has 7 heteroatoms. The SMILES string of the molecule is CC[C@H](NC(=O)N(C)CCn1ccnc1C)c1nc(C)c(C)s1. The summed E-state index contributed by atoms with van der Waals surface area (Å²) >= 11 is 1.66. The van der Waals surface area contributed by atoms with Crippen LogP contribution < -0.4 is 5.32 Å². The van der Waals surface area contributed by atoms with Crippen molar-refractivity contribution in [3.63, 3.8) is 0 Å². The van der Waals surface area contributed by atoms with Crippen LogP contribution in [0.2, 0.25) is 0 Å². The Morgan fingerprint density at radius 2 is 2.17 bits per heavy atom. The molecule has 1 N–H and O–H groups in total. The van der Waals surface area contributed by atoms with Crippen molar-refractivity contribution in [3.8, 4) is 0 Å². The molecule has 6 nitrogen and oxygen atoms in total. The molecule has 1 atom stereocenters. The zero-order valence-corrected chi connectivity index (χ0v) is 15.3. The van der Waals surface area contributed by atoms with E-state index in [4.69, 9.17) is 0 Å². The number of imidazole rings is 1. The minimum atomic E-state index is -0.0693. The van der Waals surface area contributed by atoms with E-state index in [-0.39, 0.29) is 12.1 Å². The third-order valence-electron chi connectivity index (χ3n) is 4.00. The van der Waals surface area contributed by atoms with Crippen LogP contribution in [0.1, 0.15) is 40.8 Å². The molecule has 0 aliphatic rings. The molecule has 0 spiro atoms. The van der Waals surface area contributed by atoms with Crippen molar-refractivity contribution in [2.45, 2.75) is 46.7 Å². The van der Waals surface area contributed by atoms with E-state index in [0.29, 0.717) is 6.54 Å². The number of amides is 2. The number of hydrogen-bond donors (Lipinski definition) is 1. The van der Waals surface area contributed by atoms with Gasteiger partial charge in [0.05, 0.1) is 11.7 Å². The second-order valence-electron chi connectivity index (χ2n) is 5.69. The van der Waals surface area contributed by atoms with Crippen molar-refractivity contribution < 1.29 is 4.79 Å². The Morgan fingerprint density at radius 3 is 2.70 bits per heavy atom. The number of carbonyl (C=O) groups excluding carboxylic acids is 1. The number of hydrogen-bond acceptors (Lipinski definition) is 4. The maximum absolute atomic E-state index is 12.4. The molecule has 0 bridgehead atoms. The summed E-state index contributed by atoms with van der Waals surface area (Å²) in [6, 6.07) is -0.0996. The fraction of sp³-hybridized carbons (Fsp3) is 0.562. The van der Waals surface area contributed by atoms with Gasteiger partial charge in [-0.3, -0.25) is 0 Å². The van der Waals surface area contributed by atoms with Crippen LogP contribution in [-0.2, 0) is 6.54 Å². The van der Waals surface area contributed by atoms with E-state index in [1.165, 1.54) is 4.88 Å². The van der Waals surface area contributed by atoms with Crippen LogP contribution in [0.3, 0.4) is 0 Å². The Morgan fingerprint density at radius 1 is 1.43 bits per heavy atom. The number of rotatable bonds is 6. The first-order chi connectivity index (χ1) is 10.9. The lowest BCUT2D eigenvalue weighted by atomic mass is 10.2. The predicted molar refractivity (Wildman–Crippen MR) is 92.7 cm³/mol. The van der Waals surface area contributed by atoms with Gasteiger partial charge < -0.3 is 14.8 Å². The Balaban J connectivity index is 1.92. The second-order valence-corrected chi connectivity index (χ2v) is 6.93. The van der Waals surface area contributed by atoms with E-state index < -0.39 is 0 Å². The molecule has 0 aromatic carbocycles. The highest BCUT2D eigenvalue weighted by Crippen LogP contribution is 2.24. The molecule has 2 aromatic rings. The lowest BCUT2D eigenvalue weighted by molar-refractivity contribution is 0.202. The van der Waals surface area contributed by atoms with Crippen LogP contribution in [0.4, 0.5) is 4.79 Å². The van der Waals surface area contributed by atoms with Gasteiger partial charge in [-0.2, -0.15) is 0 Å². The van der Waals surface area contributed by atoms with Crippen molar-refractivity contribution >= 4 is 17.4 Å². The highest BCUT2D eigenvalue weighted by atomic mass is 32.1. The summed E-state index contributed by atoms with van der Waals surface area (Å²) in [5, 5.41) is 4.06. The van der Waals surface area contributed by atoms with Crippen molar-refractivity contribution in [2.24, 2.45) is 0 Å². The first-order valence-electron chi connectivity index (χ1n) is 7.85. The zero-order valence-electron chi connectivity index (χ0n) is 14.5. The molecule has 2 heterocycles. The summed E-state index contributed by atoms with van der Waals surface area (Å²) in [5.41, 5.74) is 1.04. The number of likely N-dealkylation sites (N-methyl/N-ethyl adjacent to an activating group) is 1. The molecule has 0 radical (unpaired) electrons. The summed E-state index contributed by atoms with van der Waals surface area (Å²) < 4.78 is 2.04. The molecule has 0 unspecified atom stereocenters. The van der Waals surface area contributed by atoms with Gasteiger partial charge in [0, 0.05) is 37.4 Å². The van der Waals surface area contributed by atoms with Crippen molar-refractivity contribution in [1.29, 1.82) is 0 Å². The fourth-order valence-electron chi connectivity index (χ4n) is 2.24. The number of thiazole rings is 1. The van der Waals surface area contributed by atoms with Crippen LogP contribution in [0.5, 0.6) is 0 Å². The summed E-state index contributed by atoms with van der Waals surface area (Å²) in [6.45, 7) is 9.46. The molecule has 2 aromatic heterocycles. The molecule has 0 fully saturated rings. The molecule has 2 amide bonds. The van der Waals surface area contributed by atoms with Gasteiger partial charge in [-0.05, 0) is 27.2 Å². The smallest absolute Gasteiger partial charge is 0.317 e. The topological polar surface area (TPSA) is 63.1 Å². The normalized spacial score (nSPS) is 12.2. The van der Waals surface area contributed by atoms with Crippen LogP contribution >= 0.6 is 11.3 Å². The zero-order chi connectivity index (χ0) is 17.0. The number of carbonyl (C=O) groups is 1.